The molecule has 1 amide bonds. The Hall–Kier alpha value is -1.85. The average molecular weight is 237 g/mol. The van der Waals surface area contributed by atoms with E-state index in [2.05, 4.69) is 15.3 Å². The third-order valence-electron chi connectivity index (χ3n) is 3.25. The van der Waals surface area contributed by atoms with Crippen LogP contribution >= 0.6 is 0 Å². The molecular formula is C11H15N3O3. The topological polar surface area (TPSA) is 95.1 Å². The minimum absolute atomic E-state index is 0.372. The number of H-pyrrole nitrogens is 1. The fourth-order valence-corrected chi connectivity index (χ4v) is 1.97. The molecule has 92 valence electrons. The Balaban J connectivity index is 1.83. The summed E-state index contributed by atoms with van der Waals surface area (Å²) in [5, 5.41) is 11.7. The summed E-state index contributed by atoms with van der Waals surface area (Å²) in [7, 11) is 0. The number of carbonyl (C=O) groups is 2. The van der Waals surface area contributed by atoms with Crippen molar-refractivity contribution >= 4 is 11.9 Å². The van der Waals surface area contributed by atoms with Crippen molar-refractivity contribution in [1.29, 1.82) is 0 Å². The van der Waals surface area contributed by atoms with Gasteiger partial charge < -0.3 is 15.4 Å². The van der Waals surface area contributed by atoms with E-state index in [1.54, 1.807) is 12.4 Å². The van der Waals surface area contributed by atoms with E-state index in [4.69, 9.17) is 5.11 Å². The Kier molecular flexibility index (Phi) is 3.12. The quantitative estimate of drug-likeness (QED) is 0.643. The number of imidazole rings is 1. The Morgan fingerprint density at radius 1 is 1.53 bits per heavy atom. The number of carboxylic acid groups (broad SMARTS) is 1. The van der Waals surface area contributed by atoms with Crippen molar-refractivity contribution in [3.8, 4) is 0 Å². The number of rotatable bonds is 5. The van der Waals surface area contributed by atoms with Gasteiger partial charge in [0, 0.05) is 25.4 Å². The molecule has 1 aliphatic rings. The van der Waals surface area contributed by atoms with Crippen LogP contribution in [0, 0.1) is 5.41 Å². The fourth-order valence-electron chi connectivity index (χ4n) is 1.97. The van der Waals surface area contributed by atoms with Gasteiger partial charge in [-0.05, 0) is 12.8 Å². The molecule has 6 heteroatoms. The van der Waals surface area contributed by atoms with Crippen LogP contribution < -0.4 is 5.32 Å². The van der Waals surface area contributed by atoms with E-state index < -0.39 is 11.4 Å². The summed E-state index contributed by atoms with van der Waals surface area (Å²) in [6.07, 6.45) is 5.61. The molecule has 3 N–H and O–H groups in total. The molecule has 1 heterocycles. The Labute approximate surface area is 98.4 Å². The Morgan fingerprint density at radius 2 is 2.29 bits per heavy atom. The SMILES string of the molecule is O=C(O)C1(C(=O)NCCc2ncc[nH]2)CCC1. The number of carboxylic acids is 1. The number of nitrogens with one attached hydrogen (secondary N) is 2. The van der Waals surface area contributed by atoms with Gasteiger partial charge >= 0.3 is 5.97 Å². The second-order valence-electron chi connectivity index (χ2n) is 4.28. The molecule has 6 nitrogen and oxygen atoms in total. The van der Waals surface area contributed by atoms with Crippen LogP contribution in [0.5, 0.6) is 0 Å². The van der Waals surface area contributed by atoms with Crippen LogP contribution in [-0.2, 0) is 16.0 Å². The predicted octanol–water partition coefficient (Wildman–Crippen LogP) is 0.323. The first kappa shape index (κ1) is 11.6. The number of aromatic amines is 1. The summed E-state index contributed by atoms with van der Waals surface area (Å²) in [5.41, 5.74) is -1.18. The lowest BCUT2D eigenvalue weighted by molar-refractivity contribution is -0.162. The fraction of sp³-hybridized carbons (Fsp3) is 0.545. The molecule has 0 aromatic carbocycles. The number of aromatic nitrogens is 2. The van der Waals surface area contributed by atoms with Crippen LogP contribution in [-0.4, -0.2) is 33.5 Å². The minimum Gasteiger partial charge on any atom is -0.480 e. The number of hydrogen-bond acceptors (Lipinski definition) is 3. The van der Waals surface area contributed by atoms with E-state index in [1.807, 2.05) is 0 Å². The van der Waals surface area contributed by atoms with E-state index in [-0.39, 0.29) is 5.91 Å². The lowest BCUT2D eigenvalue weighted by atomic mass is 9.68. The smallest absolute Gasteiger partial charge is 0.319 e. The maximum absolute atomic E-state index is 11.8. The number of aliphatic carboxylic acids is 1. The van der Waals surface area contributed by atoms with Crippen LogP contribution in [0.2, 0.25) is 0 Å². The first-order chi connectivity index (χ1) is 8.15. The van der Waals surface area contributed by atoms with Crippen molar-refractivity contribution in [3.63, 3.8) is 0 Å². The molecule has 0 spiro atoms. The second-order valence-corrected chi connectivity index (χ2v) is 4.28. The summed E-state index contributed by atoms with van der Waals surface area (Å²) in [4.78, 5) is 29.8. The molecule has 2 rings (SSSR count). The summed E-state index contributed by atoms with van der Waals surface area (Å²) >= 11 is 0. The maximum atomic E-state index is 11.8. The highest BCUT2D eigenvalue weighted by molar-refractivity contribution is 6.02. The van der Waals surface area contributed by atoms with E-state index in [0.29, 0.717) is 25.8 Å². The third kappa shape index (κ3) is 2.15. The molecule has 1 aromatic rings. The first-order valence-electron chi connectivity index (χ1n) is 5.65. The maximum Gasteiger partial charge on any atom is 0.319 e. The standard InChI is InChI=1S/C11H15N3O3/c15-9(11(10(16)17)3-1-4-11)14-5-2-8-12-6-7-13-8/h6-7H,1-5H2,(H,12,13)(H,14,15)(H,16,17). The summed E-state index contributed by atoms with van der Waals surface area (Å²) < 4.78 is 0. The van der Waals surface area contributed by atoms with Crippen LogP contribution in [0.1, 0.15) is 25.1 Å². The Bertz CT molecular complexity index is 410. The van der Waals surface area contributed by atoms with Crippen LogP contribution in [0.15, 0.2) is 12.4 Å². The van der Waals surface area contributed by atoms with Crippen molar-refractivity contribution in [2.75, 3.05) is 6.54 Å². The van der Waals surface area contributed by atoms with Gasteiger partial charge in [0.1, 0.15) is 11.2 Å². The predicted molar refractivity (Wildman–Crippen MR) is 59.2 cm³/mol. The summed E-state index contributed by atoms with van der Waals surface area (Å²) in [6.45, 7) is 0.404. The number of carbonyl (C=O) groups excluding carboxylic acids is 1. The van der Waals surface area contributed by atoms with Gasteiger partial charge in [-0.3, -0.25) is 9.59 Å². The molecule has 1 saturated carbocycles. The largest absolute Gasteiger partial charge is 0.480 e. The summed E-state index contributed by atoms with van der Waals surface area (Å²) in [6, 6.07) is 0. The highest BCUT2D eigenvalue weighted by atomic mass is 16.4. The lowest BCUT2D eigenvalue weighted by Gasteiger charge is -2.35. The van der Waals surface area contributed by atoms with Gasteiger partial charge in [0.25, 0.3) is 0 Å². The molecule has 1 aromatic heterocycles. The van der Waals surface area contributed by atoms with Crippen molar-refractivity contribution in [3.05, 3.63) is 18.2 Å². The molecule has 0 unspecified atom stereocenters. The molecule has 17 heavy (non-hydrogen) atoms. The van der Waals surface area contributed by atoms with Gasteiger partial charge in [0.15, 0.2) is 0 Å². The zero-order valence-electron chi connectivity index (χ0n) is 9.40. The van der Waals surface area contributed by atoms with Gasteiger partial charge in [-0.15, -0.1) is 0 Å². The number of amides is 1. The van der Waals surface area contributed by atoms with Gasteiger partial charge in [0.2, 0.25) is 5.91 Å². The van der Waals surface area contributed by atoms with Crippen molar-refractivity contribution in [2.45, 2.75) is 25.7 Å². The van der Waals surface area contributed by atoms with E-state index >= 15 is 0 Å². The molecule has 1 fully saturated rings. The number of nitrogens with zero attached hydrogens (tertiary/aromatic N) is 1. The van der Waals surface area contributed by atoms with E-state index in [0.717, 1.165) is 12.2 Å². The van der Waals surface area contributed by atoms with Gasteiger partial charge in [0.05, 0.1) is 0 Å². The van der Waals surface area contributed by atoms with Gasteiger partial charge in [-0.25, -0.2) is 4.98 Å². The zero-order valence-corrected chi connectivity index (χ0v) is 9.40. The first-order valence-corrected chi connectivity index (χ1v) is 5.65. The average Bonchev–Trinajstić information content (AvgIpc) is 2.67. The molecular weight excluding hydrogens is 222 g/mol. The van der Waals surface area contributed by atoms with Crippen LogP contribution in [0.3, 0.4) is 0 Å². The monoisotopic (exact) mass is 237 g/mol. The highest BCUT2D eigenvalue weighted by Crippen LogP contribution is 2.41. The van der Waals surface area contributed by atoms with Crippen LogP contribution in [0.4, 0.5) is 0 Å². The third-order valence-corrected chi connectivity index (χ3v) is 3.25. The van der Waals surface area contributed by atoms with Crippen molar-refractivity contribution in [1.82, 2.24) is 15.3 Å². The lowest BCUT2D eigenvalue weighted by Crippen LogP contribution is -2.51. The molecule has 0 saturated heterocycles. The highest BCUT2D eigenvalue weighted by Gasteiger charge is 2.50. The van der Waals surface area contributed by atoms with E-state index in [9.17, 15) is 9.59 Å². The van der Waals surface area contributed by atoms with Crippen molar-refractivity contribution < 1.29 is 14.7 Å². The molecule has 1 aliphatic carbocycles. The van der Waals surface area contributed by atoms with Crippen LogP contribution in [0.25, 0.3) is 0 Å². The van der Waals surface area contributed by atoms with Gasteiger partial charge in [-0.1, -0.05) is 6.42 Å². The molecule has 0 aliphatic heterocycles. The van der Waals surface area contributed by atoms with Gasteiger partial charge in [-0.2, -0.15) is 0 Å². The minimum atomic E-state index is -1.18. The molecule has 0 radical (unpaired) electrons. The molecule has 0 atom stereocenters. The zero-order chi connectivity index (χ0) is 12.3. The van der Waals surface area contributed by atoms with Crippen molar-refractivity contribution in [2.24, 2.45) is 5.41 Å². The molecule has 0 bridgehead atoms. The Morgan fingerprint density at radius 3 is 2.76 bits per heavy atom. The second kappa shape index (κ2) is 4.57. The number of hydrogen-bond donors (Lipinski definition) is 3. The van der Waals surface area contributed by atoms with E-state index in [1.165, 1.54) is 0 Å². The summed E-state index contributed by atoms with van der Waals surface area (Å²) in [5.74, 6) is -0.606. The normalized spacial score (nSPS) is 17.2.